The van der Waals surface area contributed by atoms with Crippen molar-refractivity contribution in [1.82, 2.24) is 20.2 Å². The molecule has 0 radical (unpaired) electrons. The molecule has 9 heteroatoms. The van der Waals surface area contributed by atoms with E-state index in [4.69, 9.17) is 4.18 Å². The van der Waals surface area contributed by atoms with Crippen molar-refractivity contribution in [1.29, 1.82) is 0 Å². The standard InChI is InChI=1S/C13H17N5O3S/c1-10-3-5-12(6-4-10)22(19,20)21-11-7-8-18(9-11)13-14-16-17(2)15-13/h3-6,11H,7-9H2,1-2H3. The summed E-state index contributed by atoms with van der Waals surface area (Å²) in [5.41, 5.74) is 1.000. The monoisotopic (exact) mass is 323 g/mol. The van der Waals surface area contributed by atoms with Gasteiger partial charge in [-0.1, -0.05) is 22.8 Å². The Balaban J connectivity index is 1.67. The van der Waals surface area contributed by atoms with Crippen LogP contribution in [-0.2, 0) is 21.3 Å². The topological polar surface area (TPSA) is 90.2 Å². The first kappa shape index (κ1) is 14.9. The second kappa shape index (κ2) is 5.65. The Morgan fingerprint density at radius 2 is 2.00 bits per heavy atom. The number of anilines is 1. The van der Waals surface area contributed by atoms with E-state index < -0.39 is 16.2 Å². The van der Waals surface area contributed by atoms with Crippen molar-refractivity contribution in [2.45, 2.75) is 24.3 Å². The second-order valence-corrected chi connectivity index (χ2v) is 6.87. The zero-order valence-corrected chi connectivity index (χ0v) is 13.2. The Morgan fingerprint density at radius 3 is 2.64 bits per heavy atom. The maximum absolute atomic E-state index is 12.3. The van der Waals surface area contributed by atoms with Crippen LogP contribution in [0.25, 0.3) is 0 Å². The lowest BCUT2D eigenvalue weighted by molar-refractivity contribution is 0.232. The molecule has 1 aliphatic rings. The highest BCUT2D eigenvalue weighted by Gasteiger charge is 2.30. The minimum absolute atomic E-state index is 0.175. The largest absolute Gasteiger partial charge is 0.335 e. The van der Waals surface area contributed by atoms with Crippen LogP contribution >= 0.6 is 0 Å². The highest BCUT2D eigenvalue weighted by molar-refractivity contribution is 7.86. The molecule has 2 heterocycles. The number of aryl methyl sites for hydroxylation is 2. The third kappa shape index (κ3) is 3.09. The Morgan fingerprint density at radius 1 is 1.27 bits per heavy atom. The summed E-state index contributed by atoms with van der Waals surface area (Å²) in [5, 5.41) is 11.8. The van der Waals surface area contributed by atoms with Gasteiger partial charge in [-0.25, -0.2) is 0 Å². The maximum atomic E-state index is 12.3. The van der Waals surface area contributed by atoms with Crippen LogP contribution in [0.15, 0.2) is 29.2 Å². The van der Waals surface area contributed by atoms with E-state index in [1.54, 1.807) is 31.3 Å². The summed E-state index contributed by atoms with van der Waals surface area (Å²) < 4.78 is 29.8. The SMILES string of the molecule is Cc1ccc(S(=O)(=O)OC2CCN(c3nnn(C)n3)C2)cc1. The summed E-state index contributed by atoms with van der Waals surface area (Å²) in [6, 6.07) is 6.62. The maximum Gasteiger partial charge on any atom is 0.297 e. The lowest BCUT2D eigenvalue weighted by atomic mass is 10.2. The minimum Gasteiger partial charge on any atom is -0.335 e. The van der Waals surface area contributed by atoms with E-state index >= 15 is 0 Å². The molecule has 1 aromatic heterocycles. The number of nitrogens with zero attached hydrogens (tertiary/aromatic N) is 5. The van der Waals surface area contributed by atoms with Crippen LogP contribution in [0.2, 0.25) is 0 Å². The van der Waals surface area contributed by atoms with Gasteiger partial charge in [0.1, 0.15) is 0 Å². The van der Waals surface area contributed by atoms with Crippen LogP contribution in [0.5, 0.6) is 0 Å². The number of hydrogen-bond donors (Lipinski definition) is 0. The molecule has 0 saturated carbocycles. The average molecular weight is 323 g/mol. The van der Waals surface area contributed by atoms with Crippen LogP contribution in [0, 0.1) is 6.92 Å². The van der Waals surface area contributed by atoms with Crippen LogP contribution in [0.4, 0.5) is 5.95 Å². The predicted octanol–water partition coefficient (Wildman–Crippen LogP) is 0.503. The number of hydrogen-bond acceptors (Lipinski definition) is 7. The molecule has 3 rings (SSSR count). The van der Waals surface area contributed by atoms with Crippen molar-refractivity contribution >= 4 is 16.1 Å². The third-order valence-corrected chi connectivity index (χ3v) is 4.87. The predicted molar refractivity (Wildman–Crippen MR) is 78.9 cm³/mol. The summed E-state index contributed by atoms with van der Waals surface area (Å²) in [6.07, 6.45) is 0.193. The molecule has 1 atom stereocenters. The Kier molecular flexibility index (Phi) is 3.83. The number of rotatable bonds is 4. The first-order valence-electron chi connectivity index (χ1n) is 6.93. The van der Waals surface area contributed by atoms with E-state index in [0.29, 0.717) is 25.5 Å². The van der Waals surface area contributed by atoms with Gasteiger partial charge in [0.05, 0.1) is 18.0 Å². The molecule has 118 valence electrons. The number of tetrazole rings is 1. The second-order valence-electron chi connectivity index (χ2n) is 5.30. The molecular formula is C13H17N5O3S. The summed E-state index contributed by atoms with van der Waals surface area (Å²) in [5.74, 6) is 0.487. The molecule has 0 N–H and O–H groups in total. The Hall–Kier alpha value is -2.00. The number of benzene rings is 1. The molecule has 22 heavy (non-hydrogen) atoms. The van der Waals surface area contributed by atoms with Crippen LogP contribution < -0.4 is 4.90 Å². The first-order chi connectivity index (χ1) is 10.4. The van der Waals surface area contributed by atoms with Crippen LogP contribution in [-0.4, -0.2) is 47.8 Å². The van der Waals surface area contributed by atoms with Crippen LogP contribution in [0.3, 0.4) is 0 Å². The van der Waals surface area contributed by atoms with Crippen molar-refractivity contribution < 1.29 is 12.6 Å². The summed E-state index contributed by atoms with van der Waals surface area (Å²) in [4.78, 5) is 3.41. The minimum atomic E-state index is -3.75. The lowest BCUT2D eigenvalue weighted by Crippen LogP contribution is -2.25. The highest BCUT2D eigenvalue weighted by Crippen LogP contribution is 2.22. The molecule has 1 aromatic carbocycles. The number of aromatic nitrogens is 4. The Labute approximate surface area is 128 Å². The molecule has 1 saturated heterocycles. The molecule has 1 aliphatic heterocycles. The molecule has 2 aromatic rings. The van der Waals surface area contributed by atoms with E-state index in [0.717, 1.165) is 5.56 Å². The van der Waals surface area contributed by atoms with Gasteiger partial charge >= 0.3 is 0 Å². The van der Waals surface area contributed by atoms with E-state index in [1.165, 1.54) is 4.80 Å². The van der Waals surface area contributed by atoms with Crippen LogP contribution in [0.1, 0.15) is 12.0 Å². The molecule has 8 nitrogen and oxygen atoms in total. The summed E-state index contributed by atoms with van der Waals surface area (Å²) in [7, 11) is -2.07. The van der Waals surface area contributed by atoms with Gasteiger partial charge in [0.15, 0.2) is 0 Å². The van der Waals surface area contributed by atoms with Gasteiger partial charge in [0.2, 0.25) is 0 Å². The fourth-order valence-electron chi connectivity index (χ4n) is 2.33. The molecule has 0 amide bonds. The zero-order valence-electron chi connectivity index (χ0n) is 12.4. The van der Waals surface area contributed by atoms with Gasteiger partial charge in [-0.3, -0.25) is 4.18 Å². The quantitative estimate of drug-likeness (QED) is 0.757. The van der Waals surface area contributed by atoms with Gasteiger partial charge in [-0.05, 0) is 30.7 Å². The molecule has 0 spiro atoms. The summed E-state index contributed by atoms with van der Waals surface area (Å²) in [6.45, 7) is 2.97. The van der Waals surface area contributed by atoms with Crippen molar-refractivity contribution in [2.75, 3.05) is 18.0 Å². The van der Waals surface area contributed by atoms with E-state index in [-0.39, 0.29) is 4.90 Å². The first-order valence-corrected chi connectivity index (χ1v) is 8.34. The zero-order chi connectivity index (χ0) is 15.7. The van der Waals surface area contributed by atoms with Gasteiger partial charge in [0.25, 0.3) is 16.1 Å². The summed E-state index contributed by atoms with van der Waals surface area (Å²) >= 11 is 0. The Bertz CT molecular complexity index is 756. The van der Waals surface area contributed by atoms with E-state index in [2.05, 4.69) is 15.4 Å². The normalized spacial score (nSPS) is 18.8. The van der Waals surface area contributed by atoms with Gasteiger partial charge < -0.3 is 4.90 Å². The third-order valence-electron chi connectivity index (χ3n) is 3.50. The van der Waals surface area contributed by atoms with E-state index in [1.807, 2.05) is 11.8 Å². The molecule has 1 unspecified atom stereocenters. The fourth-order valence-corrected chi connectivity index (χ4v) is 3.42. The van der Waals surface area contributed by atoms with Gasteiger partial charge in [-0.2, -0.15) is 13.2 Å². The molecular weight excluding hydrogens is 306 g/mol. The molecule has 1 fully saturated rings. The van der Waals surface area contributed by atoms with Crippen molar-refractivity contribution in [3.8, 4) is 0 Å². The highest BCUT2D eigenvalue weighted by atomic mass is 32.2. The fraction of sp³-hybridized carbons (Fsp3) is 0.462. The van der Waals surface area contributed by atoms with Crippen molar-refractivity contribution in [3.05, 3.63) is 29.8 Å². The van der Waals surface area contributed by atoms with Crippen molar-refractivity contribution in [3.63, 3.8) is 0 Å². The smallest absolute Gasteiger partial charge is 0.297 e. The lowest BCUT2D eigenvalue weighted by Gasteiger charge is -2.14. The molecule has 0 aliphatic carbocycles. The van der Waals surface area contributed by atoms with E-state index in [9.17, 15) is 8.42 Å². The average Bonchev–Trinajstić information content (AvgIpc) is 3.08. The van der Waals surface area contributed by atoms with Crippen molar-refractivity contribution in [2.24, 2.45) is 7.05 Å². The van der Waals surface area contributed by atoms with Gasteiger partial charge in [-0.15, -0.1) is 5.10 Å². The molecule has 0 bridgehead atoms. The van der Waals surface area contributed by atoms with Gasteiger partial charge in [0, 0.05) is 13.1 Å².